The number of carbonyl (C=O) groups excluding carboxylic acids is 2. The van der Waals surface area contributed by atoms with Crippen molar-refractivity contribution in [3.63, 3.8) is 0 Å². The summed E-state index contributed by atoms with van der Waals surface area (Å²) in [6.45, 7) is 1.84. The number of anilines is 2. The molecule has 0 saturated heterocycles. The molecular formula is C35H40N6O6. The van der Waals surface area contributed by atoms with Crippen molar-refractivity contribution in [1.82, 2.24) is 20.5 Å². The molecule has 0 unspecified atom stereocenters. The number of aryl methyl sites for hydroxylation is 3. The van der Waals surface area contributed by atoms with Crippen LogP contribution in [0.1, 0.15) is 54.7 Å². The Bertz CT molecular complexity index is 1790. The van der Waals surface area contributed by atoms with Gasteiger partial charge in [-0.25, -0.2) is 0 Å². The number of amides is 2. The maximum atomic E-state index is 13.5. The first-order valence-electron chi connectivity index (χ1n) is 15.6. The first kappa shape index (κ1) is 33.0. The third-order valence-electron chi connectivity index (χ3n) is 8.09. The molecule has 1 atom stereocenters. The molecule has 0 aliphatic heterocycles. The van der Waals surface area contributed by atoms with Gasteiger partial charge < -0.3 is 24.8 Å². The van der Waals surface area contributed by atoms with Gasteiger partial charge in [-0.1, -0.05) is 36.4 Å². The molecule has 0 bridgehead atoms. The van der Waals surface area contributed by atoms with Gasteiger partial charge in [0, 0.05) is 31.9 Å². The van der Waals surface area contributed by atoms with Crippen LogP contribution >= 0.6 is 0 Å². The van der Waals surface area contributed by atoms with Crippen LogP contribution in [0.25, 0.3) is 11.1 Å². The fraction of sp³-hybridized carbons (Fsp3) is 0.343. The highest BCUT2D eigenvalue weighted by atomic mass is 16.5. The number of nitrogens with zero attached hydrogens (tertiary/aromatic N) is 2. The molecule has 12 nitrogen and oxygen atoms in total. The third-order valence-corrected chi connectivity index (χ3v) is 8.09. The summed E-state index contributed by atoms with van der Waals surface area (Å²) in [5, 5.41) is 15.9. The van der Waals surface area contributed by atoms with Gasteiger partial charge in [0.05, 0.1) is 33.1 Å². The Balaban J connectivity index is 1.28. The molecule has 4 aromatic rings. The molecule has 3 aromatic carbocycles. The second kappa shape index (κ2) is 15.3. The summed E-state index contributed by atoms with van der Waals surface area (Å²) in [6.07, 6.45) is 3.35. The topological polar surface area (TPSA) is 157 Å². The summed E-state index contributed by atoms with van der Waals surface area (Å²) < 4.78 is 17.1. The number of methoxy groups -OCH3 is 3. The van der Waals surface area contributed by atoms with Gasteiger partial charge >= 0.3 is 0 Å². The van der Waals surface area contributed by atoms with E-state index in [9.17, 15) is 14.4 Å². The molecule has 1 aromatic heterocycles. The molecule has 12 heteroatoms. The number of nitrogens with one attached hydrogen (secondary N) is 4. The molecule has 1 heterocycles. The minimum absolute atomic E-state index is 0.196. The van der Waals surface area contributed by atoms with Crippen molar-refractivity contribution in [3.8, 4) is 28.4 Å². The number of rotatable bonds is 13. The summed E-state index contributed by atoms with van der Waals surface area (Å²) in [4.78, 5) is 42.6. The standard InChI is InChI=1S/C35H40N6O6/c1-21(42)37-26-15-13-23-19-29(45-2)33(46-3)34(47-4)32(23)24-14-16-27(28(43)20-25(24)26)36-18-8-11-31(44)39-35-38-30(40-41-35)17-12-22-9-6-5-7-10-22/h5-7,9-10,14,16,19-20,26H,8,11-13,15,17-18H2,1-4H3,(H,36,43)(H,37,42)(H2,38,39,40,41,44)/t26-/m1/s1. The average molecular weight is 641 g/mol. The molecule has 1 aliphatic rings. The highest BCUT2D eigenvalue weighted by molar-refractivity contribution is 5.89. The number of carbonyl (C=O) groups is 2. The number of aromatic amines is 1. The Morgan fingerprint density at radius 2 is 1.77 bits per heavy atom. The van der Waals surface area contributed by atoms with Crippen LogP contribution in [-0.4, -0.2) is 54.9 Å². The lowest BCUT2D eigenvalue weighted by Crippen LogP contribution is -2.26. The fourth-order valence-corrected chi connectivity index (χ4v) is 5.88. The molecule has 246 valence electrons. The van der Waals surface area contributed by atoms with E-state index >= 15 is 0 Å². The summed E-state index contributed by atoms with van der Waals surface area (Å²) >= 11 is 0. The van der Waals surface area contributed by atoms with Crippen molar-refractivity contribution in [2.24, 2.45) is 0 Å². The monoisotopic (exact) mass is 640 g/mol. The lowest BCUT2D eigenvalue weighted by molar-refractivity contribution is -0.119. The van der Waals surface area contributed by atoms with Crippen molar-refractivity contribution in [1.29, 1.82) is 0 Å². The van der Waals surface area contributed by atoms with Crippen LogP contribution in [-0.2, 0) is 28.9 Å². The van der Waals surface area contributed by atoms with E-state index in [2.05, 4.69) is 43.3 Å². The maximum absolute atomic E-state index is 13.5. The van der Waals surface area contributed by atoms with Crippen LogP contribution in [0.5, 0.6) is 17.2 Å². The molecule has 5 rings (SSSR count). The molecule has 4 N–H and O–H groups in total. The quantitative estimate of drug-likeness (QED) is 0.153. The Labute approximate surface area is 273 Å². The number of hydrogen-bond donors (Lipinski definition) is 4. The van der Waals surface area contributed by atoms with Crippen LogP contribution in [0.4, 0.5) is 11.6 Å². The predicted molar refractivity (Wildman–Crippen MR) is 179 cm³/mol. The highest BCUT2D eigenvalue weighted by Gasteiger charge is 2.29. The lowest BCUT2D eigenvalue weighted by Gasteiger charge is -2.19. The van der Waals surface area contributed by atoms with E-state index in [1.54, 1.807) is 33.5 Å². The first-order valence-corrected chi connectivity index (χ1v) is 15.6. The number of fused-ring (bicyclic) bond motifs is 3. The zero-order valence-electron chi connectivity index (χ0n) is 27.1. The van der Waals surface area contributed by atoms with Gasteiger partial charge in [-0.05, 0) is 66.1 Å². The maximum Gasteiger partial charge on any atom is 0.248 e. The zero-order valence-corrected chi connectivity index (χ0v) is 27.1. The Hall–Kier alpha value is -5.39. The molecule has 47 heavy (non-hydrogen) atoms. The van der Waals surface area contributed by atoms with Crippen molar-refractivity contribution in [2.45, 2.75) is 51.5 Å². The van der Waals surface area contributed by atoms with Crippen molar-refractivity contribution >= 4 is 23.5 Å². The van der Waals surface area contributed by atoms with E-state index in [0.29, 0.717) is 66.6 Å². The predicted octanol–water partition coefficient (Wildman–Crippen LogP) is 4.60. The largest absolute Gasteiger partial charge is 0.493 e. The summed E-state index contributed by atoms with van der Waals surface area (Å²) in [6, 6.07) is 16.7. The minimum Gasteiger partial charge on any atom is -0.493 e. The van der Waals surface area contributed by atoms with E-state index in [0.717, 1.165) is 23.1 Å². The molecule has 0 saturated carbocycles. The van der Waals surface area contributed by atoms with Crippen LogP contribution < -0.4 is 35.6 Å². The number of ether oxygens (including phenoxy) is 3. The normalized spacial score (nSPS) is 13.4. The zero-order chi connectivity index (χ0) is 33.3. The second-order valence-corrected chi connectivity index (χ2v) is 11.3. The van der Waals surface area contributed by atoms with E-state index in [-0.39, 0.29) is 29.6 Å². The Morgan fingerprint density at radius 1 is 0.979 bits per heavy atom. The van der Waals surface area contributed by atoms with Gasteiger partial charge in [-0.3, -0.25) is 24.8 Å². The van der Waals surface area contributed by atoms with Crippen LogP contribution in [0.15, 0.2) is 59.4 Å². The van der Waals surface area contributed by atoms with E-state index in [1.807, 2.05) is 30.3 Å². The van der Waals surface area contributed by atoms with Gasteiger partial charge in [0.25, 0.3) is 0 Å². The van der Waals surface area contributed by atoms with Crippen molar-refractivity contribution in [2.75, 3.05) is 38.5 Å². The SMILES string of the molecule is COc1cc2c(c(OC)c1OC)-c1ccc(NCCCC(=O)Nc3n[nH]c(CCc4ccccc4)n3)c(=O)cc1[C@H](NC(C)=O)CC2. The molecular weight excluding hydrogens is 600 g/mol. The Kier molecular flexibility index (Phi) is 10.7. The van der Waals surface area contributed by atoms with Gasteiger partial charge in [0.1, 0.15) is 5.82 Å². The number of hydrogen-bond acceptors (Lipinski definition) is 9. The van der Waals surface area contributed by atoms with E-state index in [4.69, 9.17) is 14.2 Å². The van der Waals surface area contributed by atoms with Gasteiger partial charge in [-0.15, -0.1) is 5.10 Å². The number of aromatic nitrogens is 3. The van der Waals surface area contributed by atoms with Crippen LogP contribution in [0.2, 0.25) is 0 Å². The van der Waals surface area contributed by atoms with E-state index in [1.165, 1.54) is 12.5 Å². The molecule has 0 fully saturated rings. The van der Waals surface area contributed by atoms with Crippen LogP contribution in [0.3, 0.4) is 0 Å². The second-order valence-electron chi connectivity index (χ2n) is 11.3. The lowest BCUT2D eigenvalue weighted by atomic mass is 9.95. The summed E-state index contributed by atoms with van der Waals surface area (Å²) in [5.41, 5.74) is 4.48. The van der Waals surface area contributed by atoms with Crippen molar-refractivity contribution < 1.29 is 23.8 Å². The summed E-state index contributed by atoms with van der Waals surface area (Å²) in [5.74, 6) is 1.98. The third kappa shape index (κ3) is 7.89. The smallest absolute Gasteiger partial charge is 0.248 e. The van der Waals surface area contributed by atoms with Gasteiger partial charge in [0.15, 0.2) is 11.5 Å². The van der Waals surface area contributed by atoms with Crippen molar-refractivity contribution in [3.05, 3.63) is 87.3 Å². The fourth-order valence-electron chi connectivity index (χ4n) is 5.88. The highest BCUT2D eigenvalue weighted by Crippen LogP contribution is 2.50. The van der Waals surface area contributed by atoms with E-state index < -0.39 is 6.04 Å². The van der Waals surface area contributed by atoms with Gasteiger partial charge in [-0.2, -0.15) is 4.98 Å². The summed E-state index contributed by atoms with van der Waals surface area (Å²) in [7, 11) is 4.67. The van der Waals surface area contributed by atoms with Gasteiger partial charge in [0.2, 0.25) is 28.9 Å². The molecule has 2 amide bonds. The molecule has 0 spiro atoms. The first-order chi connectivity index (χ1) is 22.8. The number of H-pyrrole nitrogens is 1. The number of benzene rings is 2. The molecule has 1 aliphatic carbocycles. The average Bonchev–Trinajstić information content (AvgIpc) is 3.39. The van der Waals surface area contributed by atoms with Crippen LogP contribution in [0, 0.1) is 0 Å². The molecule has 0 radical (unpaired) electrons. The minimum atomic E-state index is -0.400. The Morgan fingerprint density at radius 3 is 2.49 bits per heavy atom.